The van der Waals surface area contributed by atoms with Gasteiger partial charge in [-0.05, 0) is 24.6 Å². The van der Waals surface area contributed by atoms with Crippen LogP contribution in [0.2, 0.25) is 0 Å². The molecule has 0 saturated heterocycles. The summed E-state index contributed by atoms with van der Waals surface area (Å²) in [6, 6.07) is 4.33. The number of hydrogen-bond donors (Lipinski definition) is 1. The summed E-state index contributed by atoms with van der Waals surface area (Å²) in [5.41, 5.74) is 0.746. The van der Waals surface area contributed by atoms with Crippen molar-refractivity contribution >= 4 is 9.84 Å². The summed E-state index contributed by atoms with van der Waals surface area (Å²) in [6.07, 6.45) is 1.62. The van der Waals surface area contributed by atoms with E-state index < -0.39 is 15.7 Å². The molecule has 1 N–H and O–H groups in total. The minimum absolute atomic E-state index is 0.0516. The summed E-state index contributed by atoms with van der Waals surface area (Å²) >= 11 is 0. The number of ether oxygens (including phenoxy) is 1. The van der Waals surface area contributed by atoms with Crippen LogP contribution in [0.15, 0.2) is 29.7 Å². The van der Waals surface area contributed by atoms with E-state index in [1.807, 2.05) is 6.92 Å². The molecule has 1 aliphatic heterocycles. The number of nitrogens with one attached hydrogen (secondary N) is 1. The van der Waals surface area contributed by atoms with Crippen LogP contribution in [0.25, 0.3) is 0 Å². The minimum Gasteiger partial charge on any atom is -0.494 e. The van der Waals surface area contributed by atoms with E-state index in [0.717, 1.165) is 5.56 Å². The molecular weight excluding hydrogens is 269 g/mol. The lowest BCUT2D eigenvalue weighted by Gasteiger charge is -2.18. The van der Waals surface area contributed by atoms with Crippen LogP contribution in [0.4, 0.5) is 4.39 Å². The zero-order valence-electron chi connectivity index (χ0n) is 10.8. The Morgan fingerprint density at radius 1 is 1.47 bits per heavy atom. The van der Waals surface area contributed by atoms with Gasteiger partial charge in [0.25, 0.3) is 0 Å². The highest BCUT2D eigenvalue weighted by Gasteiger charge is 2.23. The average molecular weight is 285 g/mol. The minimum atomic E-state index is -3.08. The van der Waals surface area contributed by atoms with Gasteiger partial charge in [-0.25, -0.2) is 12.8 Å². The Bertz CT molecular complexity index is 598. The number of methoxy groups -OCH3 is 1. The van der Waals surface area contributed by atoms with Crippen LogP contribution in [0.3, 0.4) is 0 Å². The number of rotatable bonds is 4. The van der Waals surface area contributed by atoms with E-state index in [1.54, 1.807) is 18.2 Å². The first-order valence-electron chi connectivity index (χ1n) is 5.92. The van der Waals surface area contributed by atoms with Gasteiger partial charge in [0, 0.05) is 17.5 Å². The lowest BCUT2D eigenvalue weighted by atomic mass is 10.1. The van der Waals surface area contributed by atoms with Crippen molar-refractivity contribution in [3.05, 3.63) is 41.1 Å². The smallest absolute Gasteiger partial charge is 0.173 e. The van der Waals surface area contributed by atoms with Crippen molar-refractivity contribution in [1.29, 1.82) is 0 Å². The molecule has 1 aromatic rings. The Morgan fingerprint density at radius 2 is 2.21 bits per heavy atom. The van der Waals surface area contributed by atoms with Crippen molar-refractivity contribution in [2.24, 2.45) is 0 Å². The normalized spacial score (nSPS) is 22.4. The van der Waals surface area contributed by atoms with E-state index in [4.69, 9.17) is 4.74 Å². The lowest BCUT2D eigenvalue weighted by Crippen LogP contribution is -2.32. The Hall–Kier alpha value is -1.40. The van der Waals surface area contributed by atoms with Gasteiger partial charge < -0.3 is 10.1 Å². The molecule has 0 radical (unpaired) electrons. The highest BCUT2D eigenvalue weighted by Crippen LogP contribution is 2.22. The third-order valence-electron chi connectivity index (χ3n) is 3.07. The predicted octanol–water partition coefficient (Wildman–Crippen LogP) is 1.80. The SMILES string of the molecule is COc1ccc(C(C)NC2C=CS(=O)(=O)C2)cc1F. The van der Waals surface area contributed by atoms with Crippen LogP contribution in [-0.4, -0.2) is 27.3 Å². The third-order valence-corrected chi connectivity index (χ3v) is 4.47. The second-order valence-corrected chi connectivity index (χ2v) is 6.48. The lowest BCUT2D eigenvalue weighted by molar-refractivity contribution is 0.385. The fourth-order valence-electron chi connectivity index (χ4n) is 2.05. The van der Waals surface area contributed by atoms with Crippen LogP contribution in [0, 0.1) is 5.82 Å². The second-order valence-electron chi connectivity index (χ2n) is 4.55. The average Bonchev–Trinajstić information content (AvgIpc) is 2.68. The molecule has 6 heteroatoms. The number of hydrogen-bond acceptors (Lipinski definition) is 4. The van der Waals surface area contributed by atoms with Crippen LogP contribution >= 0.6 is 0 Å². The van der Waals surface area contributed by atoms with Gasteiger partial charge in [0.15, 0.2) is 21.4 Å². The molecule has 0 saturated carbocycles. The first-order chi connectivity index (χ1) is 8.91. The van der Waals surface area contributed by atoms with Gasteiger partial charge in [-0.1, -0.05) is 12.1 Å². The van der Waals surface area contributed by atoms with Crippen LogP contribution in [-0.2, 0) is 9.84 Å². The first kappa shape index (κ1) is 14.0. The molecule has 2 atom stereocenters. The van der Waals surface area contributed by atoms with Crippen molar-refractivity contribution in [3.63, 3.8) is 0 Å². The highest BCUT2D eigenvalue weighted by atomic mass is 32.2. The Kier molecular flexibility index (Phi) is 3.91. The standard InChI is InChI=1S/C13H16FNO3S/c1-9(15-11-5-6-19(16,17)8-11)10-3-4-13(18-2)12(14)7-10/h3-7,9,11,15H,8H2,1-2H3. The van der Waals surface area contributed by atoms with Crippen molar-refractivity contribution in [2.75, 3.05) is 12.9 Å². The summed E-state index contributed by atoms with van der Waals surface area (Å²) in [5, 5.41) is 4.36. The maximum Gasteiger partial charge on any atom is 0.173 e. The van der Waals surface area contributed by atoms with E-state index >= 15 is 0 Å². The molecule has 19 heavy (non-hydrogen) atoms. The monoisotopic (exact) mass is 285 g/mol. The van der Waals surface area contributed by atoms with Gasteiger partial charge >= 0.3 is 0 Å². The van der Waals surface area contributed by atoms with Gasteiger partial charge in [-0.15, -0.1) is 0 Å². The Balaban J connectivity index is 2.07. The molecule has 0 bridgehead atoms. The summed E-state index contributed by atoms with van der Waals surface area (Å²) in [5.74, 6) is -0.182. The molecule has 0 aliphatic carbocycles. The zero-order valence-corrected chi connectivity index (χ0v) is 11.6. The summed E-state index contributed by atoms with van der Waals surface area (Å²) in [4.78, 5) is 0. The van der Waals surface area contributed by atoms with Crippen molar-refractivity contribution in [3.8, 4) is 5.75 Å². The predicted molar refractivity (Wildman–Crippen MR) is 71.2 cm³/mol. The van der Waals surface area contributed by atoms with Crippen molar-refractivity contribution < 1.29 is 17.5 Å². The van der Waals surface area contributed by atoms with Crippen molar-refractivity contribution in [1.82, 2.24) is 5.32 Å². The molecule has 0 spiro atoms. The molecule has 2 rings (SSSR count). The topological polar surface area (TPSA) is 55.4 Å². The van der Waals surface area contributed by atoms with E-state index in [2.05, 4.69) is 5.32 Å². The molecule has 104 valence electrons. The molecule has 0 fully saturated rings. The molecule has 2 unspecified atom stereocenters. The maximum atomic E-state index is 13.6. The van der Waals surface area contributed by atoms with Crippen LogP contribution in [0.1, 0.15) is 18.5 Å². The van der Waals surface area contributed by atoms with E-state index in [1.165, 1.54) is 18.6 Å². The fourth-order valence-corrected chi connectivity index (χ4v) is 3.30. The van der Waals surface area contributed by atoms with Crippen molar-refractivity contribution in [2.45, 2.75) is 19.0 Å². The molecule has 0 aromatic heterocycles. The largest absolute Gasteiger partial charge is 0.494 e. The number of benzene rings is 1. The van der Waals surface area contributed by atoms with Crippen LogP contribution < -0.4 is 10.1 Å². The van der Waals surface area contributed by atoms with Gasteiger partial charge in [-0.2, -0.15) is 0 Å². The molecular formula is C13H16FNO3S. The van der Waals surface area contributed by atoms with Gasteiger partial charge in [0.05, 0.1) is 12.9 Å². The summed E-state index contributed by atoms with van der Waals surface area (Å²) in [6.45, 7) is 1.86. The first-order valence-corrected chi connectivity index (χ1v) is 7.63. The molecule has 0 amide bonds. The van der Waals surface area contributed by atoms with Gasteiger partial charge in [0.2, 0.25) is 0 Å². The van der Waals surface area contributed by atoms with Crippen LogP contribution in [0.5, 0.6) is 5.75 Å². The fraction of sp³-hybridized carbons (Fsp3) is 0.385. The number of sulfone groups is 1. The second kappa shape index (κ2) is 5.30. The quantitative estimate of drug-likeness (QED) is 0.916. The van der Waals surface area contributed by atoms with Gasteiger partial charge in [-0.3, -0.25) is 0 Å². The molecule has 1 heterocycles. The Morgan fingerprint density at radius 3 is 2.74 bits per heavy atom. The molecule has 1 aromatic carbocycles. The molecule has 4 nitrogen and oxygen atoms in total. The summed E-state index contributed by atoms with van der Waals surface area (Å²) < 4.78 is 41.0. The summed E-state index contributed by atoms with van der Waals surface area (Å²) in [7, 11) is -1.67. The highest BCUT2D eigenvalue weighted by molar-refractivity contribution is 7.94. The molecule has 1 aliphatic rings. The van der Waals surface area contributed by atoms with E-state index in [-0.39, 0.29) is 23.6 Å². The zero-order chi connectivity index (χ0) is 14.0. The van der Waals surface area contributed by atoms with Gasteiger partial charge in [0.1, 0.15) is 0 Å². The number of halogens is 1. The van der Waals surface area contributed by atoms with E-state index in [0.29, 0.717) is 0 Å². The Labute approximate surface area is 112 Å². The van der Waals surface area contributed by atoms with E-state index in [9.17, 15) is 12.8 Å². The maximum absolute atomic E-state index is 13.6. The third kappa shape index (κ3) is 3.33.